The molecule has 0 amide bonds. The third-order valence-electron chi connectivity index (χ3n) is 1.49. The Morgan fingerprint density at radius 3 is 3.18 bits per heavy atom. The fraction of sp³-hybridized carbons (Fsp3) is 0.143. The van der Waals surface area contributed by atoms with Crippen LogP contribution in [0.5, 0.6) is 0 Å². The maximum Gasteiger partial charge on any atom is 0.155 e. The minimum atomic E-state index is 0.739. The van der Waals surface area contributed by atoms with Crippen LogP contribution in [0.3, 0.4) is 0 Å². The SMILES string of the molecule is BrC1=c2cc(I)cnc2=NC1. The molecule has 0 radical (unpaired) electrons. The monoisotopic (exact) mass is 322 g/mol. The highest BCUT2D eigenvalue weighted by atomic mass is 127. The number of rotatable bonds is 0. The molecule has 1 aromatic heterocycles. The van der Waals surface area contributed by atoms with Crippen molar-refractivity contribution in [3.63, 3.8) is 0 Å². The molecule has 2 heterocycles. The van der Waals surface area contributed by atoms with Crippen LogP contribution >= 0.6 is 38.5 Å². The van der Waals surface area contributed by atoms with Gasteiger partial charge in [0.05, 0.1) is 6.54 Å². The summed E-state index contributed by atoms with van der Waals surface area (Å²) in [5.74, 6) is 0. The highest BCUT2D eigenvalue weighted by Gasteiger charge is 2.03. The second-order valence-electron chi connectivity index (χ2n) is 2.25. The first-order valence-electron chi connectivity index (χ1n) is 3.12. The van der Waals surface area contributed by atoms with E-state index in [-0.39, 0.29) is 0 Å². The summed E-state index contributed by atoms with van der Waals surface area (Å²) in [4.78, 5) is 8.41. The van der Waals surface area contributed by atoms with Crippen LogP contribution in [0.25, 0.3) is 4.48 Å². The van der Waals surface area contributed by atoms with Crippen molar-refractivity contribution in [2.75, 3.05) is 6.54 Å². The summed E-state index contributed by atoms with van der Waals surface area (Å²) in [6.45, 7) is 0.739. The molecule has 0 aliphatic carbocycles. The van der Waals surface area contributed by atoms with Gasteiger partial charge in [0, 0.05) is 19.5 Å². The summed E-state index contributed by atoms with van der Waals surface area (Å²) in [7, 11) is 0. The van der Waals surface area contributed by atoms with Crippen LogP contribution < -0.4 is 10.7 Å². The summed E-state index contributed by atoms with van der Waals surface area (Å²) in [5.41, 5.74) is 0.859. The molecule has 0 fully saturated rings. The summed E-state index contributed by atoms with van der Waals surface area (Å²) in [6.07, 6.45) is 1.83. The summed E-state index contributed by atoms with van der Waals surface area (Å²) in [5, 5.41) is 1.14. The Morgan fingerprint density at radius 2 is 2.36 bits per heavy atom. The van der Waals surface area contributed by atoms with E-state index in [0.717, 1.165) is 25.3 Å². The van der Waals surface area contributed by atoms with Gasteiger partial charge < -0.3 is 0 Å². The predicted octanol–water partition coefficient (Wildman–Crippen LogP) is 0.822. The van der Waals surface area contributed by atoms with Crippen molar-refractivity contribution in [3.8, 4) is 0 Å². The number of pyridine rings is 1. The van der Waals surface area contributed by atoms with Gasteiger partial charge in [0.1, 0.15) is 0 Å². The van der Waals surface area contributed by atoms with E-state index in [2.05, 4.69) is 54.6 Å². The Labute approximate surface area is 85.7 Å². The molecular weight excluding hydrogens is 319 g/mol. The molecule has 1 aliphatic rings. The fourth-order valence-corrected chi connectivity index (χ4v) is 1.85. The second-order valence-corrected chi connectivity index (χ2v) is 4.45. The van der Waals surface area contributed by atoms with Crippen LogP contribution in [0.1, 0.15) is 0 Å². The lowest BCUT2D eigenvalue weighted by atomic mass is 10.4. The summed E-state index contributed by atoms with van der Waals surface area (Å²) >= 11 is 5.70. The van der Waals surface area contributed by atoms with Gasteiger partial charge in [-0.05, 0) is 28.7 Å². The van der Waals surface area contributed by atoms with Gasteiger partial charge in [-0.3, -0.25) is 4.99 Å². The third-order valence-corrected chi connectivity index (χ3v) is 2.76. The molecule has 0 bridgehead atoms. The third kappa shape index (κ3) is 1.33. The summed E-state index contributed by atoms with van der Waals surface area (Å²) in [6, 6.07) is 2.09. The zero-order valence-electron chi connectivity index (χ0n) is 5.51. The standard InChI is InChI=1S/C7H4BrIN2/c8-6-3-11-7-5(6)1-4(9)2-10-7/h1-2H,3H2. The van der Waals surface area contributed by atoms with Crippen molar-refractivity contribution in [2.45, 2.75) is 0 Å². The predicted molar refractivity (Wildman–Crippen MR) is 54.9 cm³/mol. The highest BCUT2D eigenvalue weighted by molar-refractivity contribution is 14.1. The Bertz CT molecular complexity index is 413. The van der Waals surface area contributed by atoms with Crippen molar-refractivity contribution in [1.29, 1.82) is 0 Å². The van der Waals surface area contributed by atoms with Gasteiger partial charge in [-0.2, -0.15) is 0 Å². The van der Waals surface area contributed by atoms with Gasteiger partial charge in [-0.15, -0.1) is 0 Å². The lowest BCUT2D eigenvalue weighted by molar-refractivity contribution is 1.09. The minimum Gasteiger partial charge on any atom is -0.261 e. The first-order chi connectivity index (χ1) is 5.27. The molecule has 1 aliphatic heterocycles. The van der Waals surface area contributed by atoms with Gasteiger partial charge in [-0.25, -0.2) is 4.98 Å². The average Bonchev–Trinajstić information content (AvgIpc) is 2.33. The number of hydrogen-bond acceptors (Lipinski definition) is 2. The van der Waals surface area contributed by atoms with E-state index in [1.165, 1.54) is 0 Å². The zero-order chi connectivity index (χ0) is 7.84. The van der Waals surface area contributed by atoms with Crippen LogP contribution in [-0.2, 0) is 0 Å². The van der Waals surface area contributed by atoms with Crippen molar-refractivity contribution >= 4 is 43.0 Å². The van der Waals surface area contributed by atoms with Gasteiger partial charge in [0.15, 0.2) is 5.49 Å². The maximum atomic E-state index is 4.22. The molecule has 0 spiro atoms. The Hall–Kier alpha value is 0.0300. The highest BCUT2D eigenvalue weighted by Crippen LogP contribution is 2.06. The number of nitrogens with zero attached hydrogens (tertiary/aromatic N) is 2. The van der Waals surface area contributed by atoms with E-state index in [4.69, 9.17) is 0 Å². The number of aromatic nitrogens is 1. The van der Waals surface area contributed by atoms with E-state index in [1.54, 1.807) is 0 Å². The largest absolute Gasteiger partial charge is 0.261 e. The van der Waals surface area contributed by atoms with Crippen molar-refractivity contribution < 1.29 is 0 Å². The molecule has 0 aromatic carbocycles. The van der Waals surface area contributed by atoms with Crippen molar-refractivity contribution in [3.05, 3.63) is 26.5 Å². The average molecular weight is 323 g/mol. The molecule has 2 nitrogen and oxygen atoms in total. The number of halogens is 2. The molecule has 0 saturated heterocycles. The smallest absolute Gasteiger partial charge is 0.155 e. The molecule has 0 unspecified atom stereocenters. The van der Waals surface area contributed by atoms with Gasteiger partial charge in [0.25, 0.3) is 0 Å². The van der Waals surface area contributed by atoms with Gasteiger partial charge in [0.2, 0.25) is 0 Å². The molecule has 56 valence electrons. The molecule has 2 rings (SSSR count). The quantitative estimate of drug-likeness (QED) is 0.649. The Balaban J connectivity index is 2.91. The van der Waals surface area contributed by atoms with Crippen molar-refractivity contribution in [1.82, 2.24) is 4.98 Å². The van der Waals surface area contributed by atoms with E-state index in [9.17, 15) is 0 Å². The first-order valence-corrected chi connectivity index (χ1v) is 4.99. The van der Waals surface area contributed by atoms with E-state index < -0.39 is 0 Å². The van der Waals surface area contributed by atoms with E-state index in [1.807, 2.05) is 6.20 Å². The molecule has 11 heavy (non-hydrogen) atoms. The van der Waals surface area contributed by atoms with Crippen LogP contribution in [0.15, 0.2) is 17.3 Å². The fourth-order valence-electron chi connectivity index (χ4n) is 0.987. The number of fused-ring (bicyclic) bond motifs is 1. The second kappa shape index (κ2) is 2.82. The van der Waals surface area contributed by atoms with Crippen LogP contribution in [-0.4, -0.2) is 11.5 Å². The van der Waals surface area contributed by atoms with Crippen LogP contribution in [0, 0.1) is 3.57 Å². The molecule has 4 heteroatoms. The molecular formula is C7H4BrIN2. The van der Waals surface area contributed by atoms with Gasteiger partial charge >= 0.3 is 0 Å². The van der Waals surface area contributed by atoms with Gasteiger partial charge in [-0.1, -0.05) is 15.9 Å². The lowest BCUT2D eigenvalue weighted by Gasteiger charge is -1.86. The van der Waals surface area contributed by atoms with E-state index >= 15 is 0 Å². The molecule has 1 aromatic rings. The normalized spacial score (nSPS) is 14.5. The lowest BCUT2D eigenvalue weighted by Crippen LogP contribution is -2.25. The maximum absolute atomic E-state index is 4.22. The zero-order valence-corrected chi connectivity index (χ0v) is 9.26. The number of hydrogen-bond donors (Lipinski definition) is 0. The first kappa shape index (κ1) is 7.67. The molecule has 0 atom stereocenters. The molecule has 0 saturated carbocycles. The molecule has 0 N–H and O–H groups in total. The van der Waals surface area contributed by atoms with E-state index in [0.29, 0.717) is 0 Å². The van der Waals surface area contributed by atoms with Crippen LogP contribution in [0.2, 0.25) is 0 Å². The Kier molecular flexibility index (Phi) is 1.97. The van der Waals surface area contributed by atoms with Crippen molar-refractivity contribution in [2.24, 2.45) is 4.99 Å². The summed E-state index contributed by atoms with van der Waals surface area (Å²) < 4.78 is 2.29. The van der Waals surface area contributed by atoms with Crippen LogP contribution in [0.4, 0.5) is 0 Å². The topological polar surface area (TPSA) is 25.2 Å². The Morgan fingerprint density at radius 1 is 1.55 bits per heavy atom. The minimum absolute atomic E-state index is 0.739.